The average Bonchev–Trinajstić information content (AvgIpc) is 2.82. The monoisotopic (exact) mass is 305 g/mol. The van der Waals surface area contributed by atoms with E-state index in [1.165, 1.54) is 0 Å². The first-order chi connectivity index (χ1) is 9.50. The Morgan fingerprint density at radius 3 is 3.00 bits per heavy atom. The maximum Gasteiger partial charge on any atom is 0.314 e. The third-order valence-electron chi connectivity index (χ3n) is 4.22. The number of methoxy groups -OCH3 is 1. The Balaban J connectivity index is 1.92. The van der Waals surface area contributed by atoms with Gasteiger partial charge in [-0.05, 0) is 12.8 Å². The molecule has 0 bridgehead atoms. The molecule has 3 N–H and O–H groups in total. The van der Waals surface area contributed by atoms with Crippen molar-refractivity contribution in [3.8, 4) is 0 Å². The first kappa shape index (κ1) is 15.5. The molecular weight excluding hydrogens is 282 g/mol. The van der Waals surface area contributed by atoms with E-state index in [4.69, 9.17) is 4.74 Å². The van der Waals surface area contributed by atoms with Gasteiger partial charge in [0.1, 0.15) is 0 Å². The molecule has 0 aliphatic carbocycles. The number of carbonyl (C=O) groups excluding carboxylic acids is 1. The fourth-order valence-corrected chi connectivity index (χ4v) is 5.41. The molecule has 0 radical (unpaired) electrons. The van der Waals surface area contributed by atoms with Crippen molar-refractivity contribution in [2.45, 2.75) is 18.1 Å². The predicted octanol–water partition coefficient (Wildman–Crippen LogP) is -0.901. The van der Waals surface area contributed by atoms with E-state index >= 15 is 0 Å². The Hall–Kier alpha value is -0.860. The Morgan fingerprint density at radius 1 is 1.45 bits per heavy atom. The molecule has 2 saturated heterocycles. The zero-order chi connectivity index (χ0) is 14.6. The van der Waals surface area contributed by atoms with Crippen molar-refractivity contribution in [3.05, 3.63) is 0 Å². The van der Waals surface area contributed by atoms with Crippen LogP contribution in [0.4, 0.5) is 4.79 Å². The van der Waals surface area contributed by atoms with Crippen LogP contribution in [0.2, 0.25) is 0 Å². The normalized spacial score (nSPS) is 31.6. The standard InChI is InChI=1S/C12H23N3O4S/c1-19-5-4-14-11(16)15-9-12-3-2-6-20(17,18)10(12)7-13-8-12/h10,13H,2-9H2,1H3,(H2,14,15,16). The van der Waals surface area contributed by atoms with E-state index < -0.39 is 9.84 Å². The van der Waals surface area contributed by atoms with Crippen LogP contribution in [-0.4, -0.2) is 65.3 Å². The molecule has 2 aliphatic rings. The lowest BCUT2D eigenvalue weighted by molar-refractivity contribution is 0.193. The van der Waals surface area contributed by atoms with Gasteiger partial charge in [0.2, 0.25) is 0 Å². The summed E-state index contributed by atoms with van der Waals surface area (Å²) in [4.78, 5) is 11.7. The molecule has 0 aromatic heterocycles. The second kappa shape index (κ2) is 6.28. The quantitative estimate of drug-likeness (QED) is 0.572. The zero-order valence-electron chi connectivity index (χ0n) is 11.8. The third kappa shape index (κ3) is 3.24. The number of hydrogen-bond donors (Lipinski definition) is 3. The molecule has 2 rings (SSSR count). The molecule has 116 valence electrons. The van der Waals surface area contributed by atoms with E-state index in [-0.39, 0.29) is 22.4 Å². The second-order valence-electron chi connectivity index (χ2n) is 5.55. The van der Waals surface area contributed by atoms with Gasteiger partial charge in [-0.3, -0.25) is 0 Å². The highest BCUT2D eigenvalue weighted by Gasteiger charge is 2.51. The first-order valence-electron chi connectivity index (χ1n) is 6.93. The van der Waals surface area contributed by atoms with Gasteiger partial charge in [0.05, 0.1) is 17.6 Å². The molecular formula is C12H23N3O4S. The molecule has 2 heterocycles. The van der Waals surface area contributed by atoms with Crippen molar-refractivity contribution in [2.24, 2.45) is 5.41 Å². The zero-order valence-corrected chi connectivity index (χ0v) is 12.6. The molecule has 20 heavy (non-hydrogen) atoms. The molecule has 2 unspecified atom stereocenters. The minimum Gasteiger partial charge on any atom is -0.383 e. The van der Waals surface area contributed by atoms with Crippen molar-refractivity contribution in [2.75, 3.05) is 45.6 Å². The number of fused-ring (bicyclic) bond motifs is 1. The van der Waals surface area contributed by atoms with Crippen LogP contribution in [0.5, 0.6) is 0 Å². The van der Waals surface area contributed by atoms with Crippen LogP contribution in [0.3, 0.4) is 0 Å². The van der Waals surface area contributed by atoms with Gasteiger partial charge in [0.15, 0.2) is 9.84 Å². The molecule has 8 heteroatoms. The molecule has 7 nitrogen and oxygen atoms in total. The molecule has 0 aromatic rings. The van der Waals surface area contributed by atoms with Crippen LogP contribution in [0.25, 0.3) is 0 Å². The van der Waals surface area contributed by atoms with E-state index in [1.54, 1.807) is 7.11 Å². The minimum atomic E-state index is -3.04. The van der Waals surface area contributed by atoms with Gasteiger partial charge < -0.3 is 20.7 Å². The number of ether oxygens (including phenoxy) is 1. The third-order valence-corrected chi connectivity index (χ3v) is 6.61. The van der Waals surface area contributed by atoms with Gasteiger partial charge in [-0.2, -0.15) is 0 Å². The van der Waals surface area contributed by atoms with E-state index in [1.807, 2.05) is 0 Å². The Kier molecular flexibility index (Phi) is 4.87. The van der Waals surface area contributed by atoms with Crippen LogP contribution in [0, 0.1) is 5.41 Å². The summed E-state index contributed by atoms with van der Waals surface area (Å²) in [6.07, 6.45) is 1.51. The lowest BCUT2D eigenvalue weighted by Crippen LogP contribution is -2.52. The van der Waals surface area contributed by atoms with Crippen molar-refractivity contribution in [3.63, 3.8) is 0 Å². The summed E-state index contributed by atoms with van der Waals surface area (Å²) in [5.41, 5.74) is -0.352. The first-order valence-corrected chi connectivity index (χ1v) is 8.65. The number of sulfone groups is 1. The highest BCUT2D eigenvalue weighted by Crippen LogP contribution is 2.39. The van der Waals surface area contributed by atoms with Gasteiger partial charge in [-0.15, -0.1) is 0 Å². The van der Waals surface area contributed by atoms with E-state index in [2.05, 4.69) is 16.0 Å². The number of hydrogen-bond acceptors (Lipinski definition) is 5. The molecule has 2 atom stereocenters. The lowest BCUT2D eigenvalue weighted by Gasteiger charge is -2.38. The summed E-state index contributed by atoms with van der Waals surface area (Å²) in [6.45, 7) is 2.43. The van der Waals surface area contributed by atoms with Crippen molar-refractivity contribution in [1.82, 2.24) is 16.0 Å². The Morgan fingerprint density at radius 2 is 2.25 bits per heavy atom. The van der Waals surface area contributed by atoms with Gasteiger partial charge in [0.25, 0.3) is 0 Å². The number of carbonyl (C=O) groups is 1. The van der Waals surface area contributed by atoms with E-state index in [0.717, 1.165) is 6.42 Å². The van der Waals surface area contributed by atoms with Gasteiger partial charge in [0, 0.05) is 38.7 Å². The number of urea groups is 1. The Bertz CT molecular complexity index is 454. The van der Waals surface area contributed by atoms with Crippen molar-refractivity contribution < 1.29 is 17.9 Å². The molecule has 0 saturated carbocycles. The lowest BCUT2D eigenvalue weighted by atomic mass is 9.81. The van der Waals surface area contributed by atoms with Gasteiger partial charge in [-0.25, -0.2) is 13.2 Å². The second-order valence-corrected chi connectivity index (χ2v) is 7.86. The highest BCUT2D eigenvalue weighted by atomic mass is 32.2. The fraction of sp³-hybridized carbons (Fsp3) is 0.917. The Labute approximate surface area is 119 Å². The maximum atomic E-state index is 12.1. The smallest absolute Gasteiger partial charge is 0.314 e. The number of rotatable bonds is 5. The summed E-state index contributed by atoms with van der Waals surface area (Å²) in [5, 5.41) is 8.27. The summed E-state index contributed by atoms with van der Waals surface area (Å²) >= 11 is 0. The van der Waals surface area contributed by atoms with Crippen molar-refractivity contribution in [1.29, 1.82) is 0 Å². The summed E-state index contributed by atoms with van der Waals surface area (Å²) < 4.78 is 29.1. The SMILES string of the molecule is COCCNC(=O)NCC12CCCS(=O)(=O)C1CNC2. The van der Waals surface area contributed by atoms with Gasteiger partial charge in [-0.1, -0.05) is 0 Å². The predicted molar refractivity (Wildman–Crippen MR) is 75.4 cm³/mol. The molecule has 0 spiro atoms. The number of nitrogens with one attached hydrogen (secondary N) is 3. The van der Waals surface area contributed by atoms with Crippen LogP contribution in [0.1, 0.15) is 12.8 Å². The summed E-state index contributed by atoms with van der Waals surface area (Å²) in [7, 11) is -1.47. The maximum absolute atomic E-state index is 12.1. The topological polar surface area (TPSA) is 96.5 Å². The van der Waals surface area contributed by atoms with Crippen LogP contribution in [-0.2, 0) is 14.6 Å². The van der Waals surface area contributed by atoms with E-state index in [0.29, 0.717) is 39.2 Å². The summed E-state index contributed by atoms with van der Waals surface area (Å²) in [5.74, 6) is 0.265. The highest BCUT2D eigenvalue weighted by molar-refractivity contribution is 7.92. The van der Waals surface area contributed by atoms with Crippen LogP contribution >= 0.6 is 0 Å². The minimum absolute atomic E-state index is 0.265. The number of amides is 2. The fourth-order valence-electron chi connectivity index (χ4n) is 3.16. The average molecular weight is 305 g/mol. The molecule has 0 aromatic carbocycles. The molecule has 2 aliphatic heterocycles. The van der Waals surface area contributed by atoms with Crippen LogP contribution in [0.15, 0.2) is 0 Å². The van der Waals surface area contributed by atoms with Gasteiger partial charge >= 0.3 is 6.03 Å². The van der Waals surface area contributed by atoms with E-state index in [9.17, 15) is 13.2 Å². The largest absolute Gasteiger partial charge is 0.383 e. The summed E-state index contributed by atoms with van der Waals surface area (Å²) in [6, 6.07) is -0.273. The molecule has 2 amide bonds. The van der Waals surface area contributed by atoms with Crippen LogP contribution < -0.4 is 16.0 Å². The molecule has 2 fully saturated rings. The van der Waals surface area contributed by atoms with Crippen molar-refractivity contribution >= 4 is 15.9 Å².